The Hall–Kier alpha value is -3.33. The molecule has 3 nitrogen and oxygen atoms in total. The topological polar surface area (TPSA) is 31.2 Å². The van der Waals surface area contributed by atoms with Crippen LogP contribution in [0, 0.1) is 0 Å². The van der Waals surface area contributed by atoms with E-state index in [1.54, 1.807) is 4.57 Å². The molecular formula is C22H15NO2. The summed E-state index contributed by atoms with van der Waals surface area (Å²) in [6.07, 6.45) is 0. The van der Waals surface area contributed by atoms with Crippen LogP contribution in [0.4, 0.5) is 0 Å². The molecule has 1 aliphatic rings. The standard InChI is InChI=1S/C22H15NO2/c24-22-20-17-11-5-4-8-15(17)14-25-21(20)18-12-6-7-13-19(18)23(22)16-9-2-1-3-10-16/h1-13H,14H2. The van der Waals surface area contributed by atoms with Gasteiger partial charge < -0.3 is 4.74 Å². The van der Waals surface area contributed by atoms with Crippen LogP contribution in [0.1, 0.15) is 5.56 Å². The molecule has 0 amide bonds. The van der Waals surface area contributed by atoms with Crippen molar-refractivity contribution in [2.24, 2.45) is 0 Å². The van der Waals surface area contributed by atoms with Gasteiger partial charge in [0.15, 0.2) is 0 Å². The number of rotatable bonds is 1. The van der Waals surface area contributed by atoms with Crippen LogP contribution in [0.3, 0.4) is 0 Å². The maximum Gasteiger partial charge on any atom is 0.267 e. The number of ether oxygens (including phenoxy) is 1. The third kappa shape index (κ3) is 2.02. The van der Waals surface area contributed by atoms with Gasteiger partial charge in [-0.2, -0.15) is 0 Å². The van der Waals surface area contributed by atoms with Gasteiger partial charge in [0, 0.05) is 11.1 Å². The lowest BCUT2D eigenvalue weighted by Crippen LogP contribution is -2.24. The lowest BCUT2D eigenvalue weighted by molar-refractivity contribution is 0.305. The van der Waals surface area contributed by atoms with Crippen molar-refractivity contribution in [2.45, 2.75) is 6.61 Å². The molecule has 0 N–H and O–H groups in total. The van der Waals surface area contributed by atoms with E-state index in [4.69, 9.17) is 4.74 Å². The molecular weight excluding hydrogens is 310 g/mol. The van der Waals surface area contributed by atoms with Crippen LogP contribution in [0.5, 0.6) is 5.75 Å². The van der Waals surface area contributed by atoms with Gasteiger partial charge in [-0.25, -0.2) is 0 Å². The Morgan fingerprint density at radius 2 is 1.52 bits per heavy atom. The molecule has 3 aromatic carbocycles. The van der Waals surface area contributed by atoms with Crippen LogP contribution in [-0.4, -0.2) is 4.57 Å². The van der Waals surface area contributed by atoms with Crippen molar-refractivity contribution in [3.63, 3.8) is 0 Å². The van der Waals surface area contributed by atoms with Gasteiger partial charge in [0.1, 0.15) is 12.4 Å². The van der Waals surface area contributed by atoms with E-state index in [0.29, 0.717) is 17.9 Å². The van der Waals surface area contributed by atoms with Gasteiger partial charge in [-0.15, -0.1) is 0 Å². The number of nitrogens with zero attached hydrogens (tertiary/aromatic N) is 1. The number of aromatic nitrogens is 1. The van der Waals surface area contributed by atoms with Crippen LogP contribution < -0.4 is 10.3 Å². The lowest BCUT2D eigenvalue weighted by atomic mass is 9.96. The van der Waals surface area contributed by atoms with Crippen molar-refractivity contribution in [3.8, 4) is 22.6 Å². The lowest BCUT2D eigenvalue weighted by Gasteiger charge is -2.23. The zero-order chi connectivity index (χ0) is 16.8. The third-order valence-corrected chi connectivity index (χ3v) is 4.71. The van der Waals surface area contributed by atoms with Crippen LogP contribution in [0.2, 0.25) is 0 Å². The second kappa shape index (κ2) is 5.35. The Morgan fingerprint density at radius 1 is 0.800 bits per heavy atom. The summed E-state index contributed by atoms with van der Waals surface area (Å²) < 4.78 is 7.80. The number of hydrogen-bond donors (Lipinski definition) is 0. The van der Waals surface area contributed by atoms with Gasteiger partial charge in [-0.05, 0) is 35.4 Å². The molecule has 0 fully saturated rings. The predicted octanol–water partition coefficient (Wildman–Crippen LogP) is 4.55. The molecule has 2 heterocycles. The van der Waals surface area contributed by atoms with Crippen molar-refractivity contribution >= 4 is 10.9 Å². The molecule has 0 atom stereocenters. The summed E-state index contributed by atoms with van der Waals surface area (Å²) in [6, 6.07) is 25.6. The molecule has 0 spiro atoms. The highest BCUT2D eigenvalue weighted by Gasteiger charge is 2.25. The molecule has 0 unspecified atom stereocenters. The fraction of sp³-hybridized carbons (Fsp3) is 0.0455. The first-order chi connectivity index (χ1) is 12.3. The summed E-state index contributed by atoms with van der Waals surface area (Å²) in [7, 11) is 0. The molecule has 0 bridgehead atoms. The molecule has 0 aliphatic carbocycles. The largest absolute Gasteiger partial charge is 0.487 e. The molecule has 4 aromatic rings. The predicted molar refractivity (Wildman–Crippen MR) is 99.3 cm³/mol. The van der Waals surface area contributed by atoms with Crippen LogP contribution >= 0.6 is 0 Å². The van der Waals surface area contributed by atoms with Gasteiger partial charge >= 0.3 is 0 Å². The molecule has 0 saturated carbocycles. The summed E-state index contributed by atoms with van der Waals surface area (Å²) in [5.74, 6) is 0.687. The Labute approximate surface area is 144 Å². The van der Waals surface area contributed by atoms with Crippen LogP contribution in [-0.2, 0) is 6.61 Å². The summed E-state index contributed by atoms with van der Waals surface area (Å²) in [6.45, 7) is 0.488. The third-order valence-electron chi connectivity index (χ3n) is 4.71. The van der Waals surface area contributed by atoms with Crippen molar-refractivity contribution in [3.05, 3.63) is 94.8 Å². The fourth-order valence-corrected chi connectivity index (χ4v) is 3.57. The second-order valence-corrected chi connectivity index (χ2v) is 6.14. The SMILES string of the molecule is O=c1c2c(c3ccccc3n1-c1ccccc1)OCc1ccccc1-2. The Balaban J connectivity index is 1.98. The average Bonchev–Trinajstić information content (AvgIpc) is 2.68. The van der Waals surface area contributed by atoms with Crippen LogP contribution in [0.25, 0.3) is 27.7 Å². The van der Waals surface area contributed by atoms with Crippen molar-refractivity contribution in [1.29, 1.82) is 0 Å². The Bertz CT molecular complexity index is 1160. The summed E-state index contributed by atoms with van der Waals surface area (Å²) in [5.41, 5.74) is 4.31. The van der Waals surface area contributed by atoms with Crippen molar-refractivity contribution in [1.82, 2.24) is 4.57 Å². The average molecular weight is 325 g/mol. The van der Waals surface area contributed by atoms with Gasteiger partial charge in [-0.1, -0.05) is 54.6 Å². The minimum Gasteiger partial charge on any atom is -0.487 e. The maximum atomic E-state index is 13.5. The maximum absolute atomic E-state index is 13.5. The smallest absolute Gasteiger partial charge is 0.267 e. The zero-order valence-electron chi connectivity index (χ0n) is 13.5. The quantitative estimate of drug-likeness (QED) is 0.514. The second-order valence-electron chi connectivity index (χ2n) is 6.14. The molecule has 1 aliphatic heterocycles. The van der Waals surface area contributed by atoms with E-state index in [0.717, 1.165) is 27.7 Å². The Kier molecular flexibility index (Phi) is 3.01. The first-order valence-electron chi connectivity index (χ1n) is 8.29. The molecule has 1 aromatic heterocycles. The number of para-hydroxylation sites is 2. The van der Waals surface area contributed by atoms with E-state index in [-0.39, 0.29) is 5.56 Å². The van der Waals surface area contributed by atoms with E-state index in [2.05, 4.69) is 0 Å². The number of benzene rings is 3. The molecule has 5 rings (SSSR count). The van der Waals surface area contributed by atoms with Gasteiger partial charge in [0.05, 0.1) is 11.1 Å². The summed E-state index contributed by atoms with van der Waals surface area (Å²) in [5, 5.41) is 0.954. The van der Waals surface area contributed by atoms with E-state index >= 15 is 0 Å². The number of fused-ring (bicyclic) bond motifs is 5. The van der Waals surface area contributed by atoms with Gasteiger partial charge in [-0.3, -0.25) is 9.36 Å². The van der Waals surface area contributed by atoms with Gasteiger partial charge in [0.25, 0.3) is 5.56 Å². The minimum absolute atomic E-state index is 0.0490. The normalized spacial score (nSPS) is 12.3. The highest BCUT2D eigenvalue weighted by molar-refractivity contribution is 5.94. The van der Waals surface area contributed by atoms with E-state index in [1.807, 2.05) is 78.9 Å². The van der Waals surface area contributed by atoms with Crippen LogP contribution in [0.15, 0.2) is 83.7 Å². The van der Waals surface area contributed by atoms with Crippen molar-refractivity contribution < 1.29 is 4.74 Å². The minimum atomic E-state index is -0.0490. The number of hydrogen-bond acceptors (Lipinski definition) is 2. The molecule has 3 heteroatoms. The fourth-order valence-electron chi connectivity index (χ4n) is 3.57. The number of pyridine rings is 1. The van der Waals surface area contributed by atoms with Gasteiger partial charge in [0.2, 0.25) is 0 Å². The molecule has 120 valence electrons. The Morgan fingerprint density at radius 3 is 2.40 bits per heavy atom. The first kappa shape index (κ1) is 14.1. The van der Waals surface area contributed by atoms with E-state index in [1.165, 1.54) is 0 Å². The summed E-state index contributed by atoms with van der Waals surface area (Å²) >= 11 is 0. The van der Waals surface area contributed by atoms with E-state index in [9.17, 15) is 4.79 Å². The molecule has 25 heavy (non-hydrogen) atoms. The highest BCUT2D eigenvalue weighted by Crippen LogP contribution is 2.40. The molecule has 0 radical (unpaired) electrons. The summed E-state index contributed by atoms with van der Waals surface area (Å²) in [4.78, 5) is 13.5. The molecule has 0 saturated heterocycles. The van der Waals surface area contributed by atoms with E-state index < -0.39 is 0 Å². The highest BCUT2D eigenvalue weighted by atomic mass is 16.5. The van der Waals surface area contributed by atoms with Crippen molar-refractivity contribution in [2.75, 3.05) is 0 Å². The zero-order valence-corrected chi connectivity index (χ0v) is 13.5. The first-order valence-corrected chi connectivity index (χ1v) is 8.29. The monoisotopic (exact) mass is 325 g/mol.